The first-order chi connectivity index (χ1) is 13.6. The molecule has 0 bridgehead atoms. The van der Waals surface area contributed by atoms with Gasteiger partial charge < -0.3 is 9.47 Å². The third-order valence-corrected chi connectivity index (χ3v) is 4.98. The molecule has 0 saturated carbocycles. The first-order valence-corrected chi connectivity index (χ1v) is 10.6. The van der Waals surface area contributed by atoms with Gasteiger partial charge in [0.1, 0.15) is 5.75 Å². The Kier molecular flexibility index (Phi) is 9.61. The zero-order valence-corrected chi connectivity index (χ0v) is 17.6. The standard InChI is InChI=1S/C25H34O3/c1-4-18-27-24-16-14-23(15-17-24)22-12-10-21(11-13-22)9-7-6-8-19-28-25(26)20(3)5-2/h10-17,20H,4-9,18-19H2,1-3H3. The van der Waals surface area contributed by atoms with E-state index in [4.69, 9.17) is 9.47 Å². The fraction of sp³-hybridized carbons (Fsp3) is 0.480. The first kappa shape index (κ1) is 22.0. The van der Waals surface area contributed by atoms with Gasteiger partial charge in [0.05, 0.1) is 19.1 Å². The molecule has 0 amide bonds. The normalized spacial score (nSPS) is 11.8. The average molecular weight is 383 g/mol. The van der Waals surface area contributed by atoms with E-state index >= 15 is 0 Å². The Morgan fingerprint density at radius 3 is 2.11 bits per heavy atom. The van der Waals surface area contributed by atoms with Crippen molar-refractivity contribution in [2.75, 3.05) is 13.2 Å². The van der Waals surface area contributed by atoms with Gasteiger partial charge in [0.15, 0.2) is 0 Å². The molecular weight excluding hydrogens is 348 g/mol. The lowest BCUT2D eigenvalue weighted by molar-refractivity contribution is -0.148. The van der Waals surface area contributed by atoms with Gasteiger partial charge in [-0.2, -0.15) is 0 Å². The summed E-state index contributed by atoms with van der Waals surface area (Å²) in [6.07, 6.45) is 6.05. The van der Waals surface area contributed by atoms with Crippen molar-refractivity contribution in [3.63, 3.8) is 0 Å². The summed E-state index contributed by atoms with van der Waals surface area (Å²) >= 11 is 0. The van der Waals surface area contributed by atoms with Gasteiger partial charge in [-0.1, -0.05) is 57.2 Å². The maximum absolute atomic E-state index is 11.6. The summed E-state index contributed by atoms with van der Waals surface area (Å²) in [4.78, 5) is 11.6. The van der Waals surface area contributed by atoms with Crippen molar-refractivity contribution in [3.05, 3.63) is 54.1 Å². The third-order valence-electron chi connectivity index (χ3n) is 4.98. The van der Waals surface area contributed by atoms with Crippen molar-refractivity contribution in [2.24, 2.45) is 5.92 Å². The van der Waals surface area contributed by atoms with Gasteiger partial charge in [-0.3, -0.25) is 4.79 Å². The molecule has 0 aliphatic rings. The van der Waals surface area contributed by atoms with Crippen molar-refractivity contribution in [3.8, 4) is 16.9 Å². The molecule has 0 spiro atoms. The molecule has 3 nitrogen and oxygen atoms in total. The number of carbonyl (C=O) groups excluding carboxylic acids is 1. The van der Waals surface area contributed by atoms with E-state index in [2.05, 4.69) is 43.3 Å². The predicted octanol–water partition coefficient (Wildman–Crippen LogP) is 6.44. The van der Waals surface area contributed by atoms with Gasteiger partial charge in [-0.15, -0.1) is 0 Å². The summed E-state index contributed by atoms with van der Waals surface area (Å²) in [7, 11) is 0. The van der Waals surface area contributed by atoms with E-state index in [0.29, 0.717) is 6.61 Å². The minimum absolute atomic E-state index is 0.0126. The number of hydrogen-bond acceptors (Lipinski definition) is 3. The van der Waals surface area contributed by atoms with Gasteiger partial charge >= 0.3 is 5.97 Å². The number of aryl methyl sites for hydroxylation is 1. The van der Waals surface area contributed by atoms with Crippen LogP contribution in [-0.4, -0.2) is 19.2 Å². The maximum atomic E-state index is 11.6. The fourth-order valence-corrected chi connectivity index (χ4v) is 2.92. The van der Waals surface area contributed by atoms with Gasteiger partial charge in [0.25, 0.3) is 0 Å². The smallest absolute Gasteiger partial charge is 0.308 e. The van der Waals surface area contributed by atoms with Gasteiger partial charge in [0.2, 0.25) is 0 Å². The van der Waals surface area contributed by atoms with Crippen LogP contribution in [0.15, 0.2) is 48.5 Å². The second-order valence-electron chi connectivity index (χ2n) is 7.36. The average Bonchev–Trinajstić information content (AvgIpc) is 2.74. The molecule has 2 aromatic carbocycles. The molecular formula is C25H34O3. The summed E-state index contributed by atoms with van der Waals surface area (Å²) in [5.41, 5.74) is 3.78. The van der Waals surface area contributed by atoms with Crippen LogP contribution in [0.1, 0.15) is 58.4 Å². The largest absolute Gasteiger partial charge is 0.494 e. The van der Waals surface area contributed by atoms with Gasteiger partial charge in [-0.05, 0) is 67.3 Å². The molecule has 1 atom stereocenters. The lowest BCUT2D eigenvalue weighted by atomic mass is 10.0. The predicted molar refractivity (Wildman–Crippen MR) is 116 cm³/mol. The Labute approximate surface area is 170 Å². The van der Waals surface area contributed by atoms with Crippen LogP contribution in [0.2, 0.25) is 0 Å². The topological polar surface area (TPSA) is 35.5 Å². The Balaban J connectivity index is 1.70. The Morgan fingerprint density at radius 1 is 0.857 bits per heavy atom. The number of rotatable bonds is 12. The maximum Gasteiger partial charge on any atom is 0.308 e. The molecule has 2 rings (SSSR count). The number of carbonyl (C=O) groups is 1. The van der Waals surface area contributed by atoms with Gasteiger partial charge in [0, 0.05) is 0 Å². The van der Waals surface area contributed by atoms with Crippen LogP contribution in [0, 0.1) is 5.92 Å². The van der Waals surface area contributed by atoms with Crippen LogP contribution in [-0.2, 0) is 16.0 Å². The Morgan fingerprint density at radius 2 is 1.50 bits per heavy atom. The van der Waals surface area contributed by atoms with Crippen molar-refractivity contribution in [1.29, 1.82) is 0 Å². The Hall–Kier alpha value is -2.29. The van der Waals surface area contributed by atoms with Crippen LogP contribution in [0.25, 0.3) is 11.1 Å². The fourth-order valence-electron chi connectivity index (χ4n) is 2.92. The summed E-state index contributed by atoms with van der Waals surface area (Å²) in [5.74, 6) is 0.874. The van der Waals surface area contributed by atoms with Crippen molar-refractivity contribution in [2.45, 2.75) is 59.3 Å². The molecule has 0 saturated heterocycles. The van der Waals surface area contributed by atoms with Gasteiger partial charge in [-0.25, -0.2) is 0 Å². The van der Waals surface area contributed by atoms with Crippen LogP contribution >= 0.6 is 0 Å². The van der Waals surface area contributed by atoms with Crippen molar-refractivity contribution < 1.29 is 14.3 Å². The SMILES string of the molecule is CCCOc1ccc(-c2ccc(CCCCCOC(=O)C(C)CC)cc2)cc1. The van der Waals surface area contributed by atoms with E-state index in [1.54, 1.807) is 0 Å². The highest BCUT2D eigenvalue weighted by molar-refractivity contribution is 5.71. The zero-order valence-electron chi connectivity index (χ0n) is 17.6. The van der Waals surface area contributed by atoms with Crippen LogP contribution in [0.5, 0.6) is 5.75 Å². The summed E-state index contributed by atoms with van der Waals surface area (Å²) in [5, 5.41) is 0. The van der Waals surface area contributed by atoms with Crippen LogP contribution < -0.4 is 4.74 Å². The monoisotopic (exact) mass is 382 g/mol. The van der Waals surface area contributed by atoms with Crippen molar-refractivity contribution >= 4 is 5.97 Å². The minimum Gasteiger partial charge on any atom is -0.494 e. The molecule has 0 heterocycles. The molecule has 28 heavy (non-hydrogen) atoms. The first-order valence-electron chi connectivity index (χ1n) is 10.6. The molecule has 1 unspecified atom stereocenters. The molecule has 152 valence electrons. The number of benzene rings is 2. The highest BCUT2D eigenvalue weighted by Crippen LogP contribution is 2.23. The minimum atomic E-state index is -0.0666. The summed E-state index contributed by atoms with van der Waals surface area (Å²) in [6.45, 7) is 7.34. The molecule has 0 aliphatic carbocycles. The molecule has 0 aliphatic heterocycles. The van der Waals surface area contributed by atoms with E-state index in [9.17, 15) is 4.79 Å². The van der Waals surface area contributed by atoms with Crippen LogP contribution in [0.4, 0.5) is 0 Å². The molecule has 3 heteroatoms. The number of hydrogen-bond donors (Lipinski definition) is 0. The molecule has 2 aromatic rings. The Bertz CT molecular complexity index is 689. The van der Waals surface area contributed by atoms with E-state index in [-0.39, 0.29) is 11.9 Å². The lowest BCUT2D eigenvalue weighted by Crippen LogP contribution is -2.14. The quantitative estimate of drug-likeness (QED) is 0.313. The number of unbranched alkanes of at least 4 members (excludes halogenated alkanes) is 2. The molecule has 0 N–H and O–H groups in total. The highest BCUT2D eigenvalue weighted by atomic mass is 16.5. The number of esters is 1. The second kappa shape index (κ2) is 12.2. The zero-order chi connectivity index (χ0) is 20.2. The van der Waals surface area contributed by atoms with Crippen LogP contribution in [0.3, 0.4) is 0 Å². The molecule has 0 fully saturated rings. The molecule has 0 aromatic heterocycles. The molecule has 0 radical (unpaired) electrons. The van der Waals surface area contributed by atoms with E-state index in [0.717, 1.165) is 50.9 Å². The summed E-state index contributed by atoms with van der Waals surface area (Å²) < 4.78 is 10.9. The van der Waals surface area contributed by atoms with E-state index < -0.39 is 0 Å². The number of ether oxygens (including phenoxy) is 2. The van der Waals surface area contributed by atoms with E-state index in [1.807, 2.05) is 26.0 Å². The summed E-state index contributed by atoms with van der Waals surface area (Å²) in [6, 6.07) is 17.1. The van der Waals surface area contributed by atoms with Crippen molar-refractivity contribution in [1.82, 2.24) is 0 Å². The highest BCUT2D eigenvalue weighted by Gasteiger charge is 2.10. The third kappa shape index (κ3) is 7.38. The van der Waals surface area contributed by atoms with E-state index in [1.165, 1.54) is 16.7 Å². The lowest BCUT2D eigenvalue weighted by Gasteiger charge is -2.09. The second-order valence-corrected chi connectivity index (χ2v) is 7.36.